The number of hydrogen-bond donors (Lipinski definition) is 0. The van der Waals surface area contributed by atoms with Gasteiger partial charge in [0.25, 0.3) is 0 Å². The van der Waals surface area contributed by atoms with E-state index < -0.39 is 23.3 Å². The van der Waals surface area contributed by atoms with Gasteiger partial charge in [-0.25, -0.2) is 17.6 Å². The van der Waals surface area contributed by atoms with Crippen molar-refractivity contribution in [2.24, 2.45) is 0 Å². The lowest BCUT2D eigenvalue weighted by molar-refractivity contribution is 0.589. The van der Waals surface area contributed by atoms with Gasteiger partial charge in [0.15, 0.2) is 0 Å². The van der Waals surface area contributed by atoms with Gasteiger partial charge in [0.2, 0.25) is 0 Å². The highest BCUT2D eigenvalue weighted by molar-refractivity contribution is 6.07. The molecule has 90 valence electrons. The van der Waals surface area contributed by atoms with Crippen LogP contribution >= 0.6 is 0 Å². The summed E-state index contributed by atoms with van der Waals surface area (Å²) < 4.78 is 53.5. The normalized spacial score (nSPS) is 11.3. The predicted molar refractivity (Wildman–Crippen MR) is 61.3 cm³/mol. The molecule has 0 aliphatic carbocycles. The molecule has 0 fully saturated rings. The van der Waals surface area contributed by atoms with Crippen molar-refractivity contribution >= 4 is 21.5 Å². The van der Waals surface area contributed by atoms with Crippen molar-refractivity contribution < 1.29 is 17.6 Å². The average molecular weight is 250 g/mol. The predicted octanol–water partition coefficient (Wildman–Crippen LogP) is 4.55. The maximum Gasteiger partial charge on any atom is 0.133 e. The Bertz CT molecular complexity index is 711. The molecule has 0 N–H and O–H groups in total. The summed E-state index contributed by atoms with van der Waals surface area (Å²) in [5.41, 5.74) is 0. The second kappa shape index (κ2) is 3.70. The molecule has 0 aliphatic rings. The first-order valence-electron chi connectivity index (χ1n) is 5.23. The highest BCUT2D eigenvalue weighted by Crippen LogP contribution is 2.30. The molecule has 3 rings (SSSR count). The van der Waals surface area contributed by atoms with Gasteiger partial charge >= 0.3 is 0 Å². The van der Waals surface area contributed by atoms with Gasteiger partial charge in [0.05, 0.1) is 0 Å². The lowest BCUT2D eigenvalue weighted by Gasteiger charge is -2.06. The van der Waals surface area contributed by atoms with Crippen LogP contribution in [0, 0.1) is 23.3 Å². The van der Waals surface area contributed by atoms with E-state index in [0.29, 0.717) is 0 Å². The molecular formula is C14H6F4. The van der Waals surface area contributed by atoms with E-state index in [9.17, 15) is 17.6 Å². The van der Waals surface area contributed by atoms with Gasteiger partial charge in [-0.05, 0) is 22.9 Å². The third-order valence-electron chi connectivity index (χ3n) is 2.90. The third-order valence-corrected chi connectivity index (χ3v) is 2.90. The molecule has 3 aromatic rings. The van der Waals surface area contributed by atoms with E-state index in [-0.39, 0.29) is 21.5 Å². The molecule has 18 heavy (non-hydrogen) atoms. The SMILES string of the molecule is Fc1cc(F)c2ccc3c(F)cc(F)cc3c2c1. The van der Waals surface area contributed by atoms with Crippen LogP contribution in [0.3, 0.4) is 0 Å². The Morgan fingerprint density at radius 2 is 0.889 bits per heavy atom. The monoisotopic (exact) mass is 250 g/mol. The second-order valence-corrected chi connectivity index (χ2v) is 4.03. The first-order chi connectivity index (χ1) is 8.56. The Hall–Kier alpha value is -2.10. The summed E-state index contributed by atoms with van der Waals surface area (Å²) in [5.74, 6) is -3.07. The van der Waals surface area contributed by atoms with Gasteiger partial charge in [-0.1, -0.05) is 12.1 Å². The first-order valence-corrected chi connectivity index (χ1v) is 5.23. The summed E-state index contributed by atoms with van der Waals surface area (Å²) >= 11 is 0. The molecule has 0 unspecified atom stereocenters. The van der Waals surface area contributed by atoms with Crippen molar-refractivity contribution in [2.75, 3.05) is 0 Å². The lowest BCUT2D eigenvalue weighted by Crippen LogP contribution is -1.88. The van der Waals surface area contributed by atoms with Crippen LogP contribution in [-0.4, -0.2) is 0 Å². The van der Waals surface area contributed by atoms with Gasteiger partial charge in [-0.3, -0.25) is 0 Å². The van der Waals surface area contributed by atoms with Crippen molar-refractivity contribution in [3.05, 3.63) is 59.7 Å². The minimum atomic E-state index is -0.780. The van der Waals surface area contributed by atoms with Crippen molar-refractivity contribution in [3.8, 4) is 0 Å². The lowest BCUT2D eigenvalue weighted by atomic mass is 10.0. The van der Waals surface area contributed by atoms with Crippen LogP contribution < -0.4 is 0 Å². The quantitative estimate of drug-likeness (QED) is 0.405. The molecule has 0 bridgehead atoms. The van der Waals surface area contributed by atoms with E-state index in [1.807, 2.05) is 0 Å². The molecule has 0 aliphatic heterocycles. The molecule has 0 heterocycles. The van der Waals surface area contributed by atoms with Gasteiger partial charge in [-0.15, -0.1) is 0 Å². The van der Waals surface area contributed by atoms with E-state index in [1.165, 1.54) is 12.1 Å². The summed E-state index contributed by atoms with van der Waals surface area (Å²) in [6, 6.07) is 6.33. The van der Waals surface area contributed by atoms with Crippen LogP contribution in [0.5, 0.6) is 0 Å². The Morgan fingerprint density at radius 3 is 1.28 bits per heavy atom. The number of benzene rings is 3. The fraction of sp³-hybridized carbons (Fsp3) is 0. The molecule has 0 atom stereocenters. The molecular weight excluding hydrogens is 244 g/mol. The average Bonchev–Trinajstić information content (AvgIpc) is 2.28. The van der Waals surface area contributed by atoms with Crippen LogP contribution in [0.4, 0.5) is 17.6 Å². The largest absolute Gasteiger partial charge is 0.207 e. The van der Waals surface area contributed by atoms with E-state index in [0.717, 1.165) is 24.3 Å². The fourth-order valence-corrected chi connectivity index (χ4v) is 2.12. The molecule has 0 aromatic heterocycles. The fourth-order valence-electron chi connectivity index (χ4n) is 2.12. The van der Waals surface area contributed by atoms with Gasteiger partial charge in [-0.2, -0.15) is 0 Å². The van der Waals surface area contributed by atoms with Crippen LogP contribution in [0.1, 0.15) is 0 Å². The maximum absolute atomic E-state index is 13.5. The van der Waals surface area contributed by atoms with Crippen LogP contribution in [-0.2, 0) is 0 Å². The number of rotatable bonds is 0. The Balaban J connectivity index is 2.60. The molecule has 0 saturated heterocycles. The minimum absolute atomic E-state index is 0.133. The number of halogens is 4. The third kappa shape index (κ3) is 1.53. The summed E-state index contributed by atoms with van der Waals surface area (Å²) in [5, 5.41) is 0.578. The zero-order chi connectivity index (χ0) is 12.9. The van der Waals surface area contributed by atoms with E-state index in [4.69, 9.17) is 0 Å². The molecule has 0 radical (unpaired) electrons. The zero-order valence-corrected chi connectivity index (χ0v) is 8.98. The second-order valence-electron chi connectivity index (χ2n) is 4.03. The van der Waals surface area contributed by atoms with Crippen LogP contribution in [0.25, 0.3) is 21.5 Å². The number of fused-ring (bicyclic) bond motifs is 3. The van der Waals surface area contributed by atoms with Gasteiger partial charge in [0, 0.05) is 22.9 Å². The first kappa shape index (κ1) is 11.0. The van der Waals surface area contributed by atoms with Crippen molar-refractivity contribution in [2.45, 2.75) is 0 Å². The smallest absolute Gasteiger partial charge is 0.133 e. The van der Waals surface area contributed by atoms with Crippen molar-refractivity contribution in [1.29, 1.82) is 0 Å². The Kier molecular flexibility index (Phi) is 2.26. The summed E-state index contributed by atoms with van der Waals surface area (Å²) in [6.07, 6.45) is 0. The topological polar surface area (TPSA) is 0 Å². The zero-order valence-electron chi connectivity index (χ0n) is 8.98. The van der Waals surface area contributed by atoms with E-state index >= 15 is 0 Å². The van der Waals surface area contributed by atoms with Gasteiger partial charge < -0.3 is 0 Å². The van der Waals surface area contributed by atoms with Crippen LogP contribution in [0.2, 0.25) is 0 Å². The molecule has 0 spiro atoms. The van der Waals surface area contributed by atoms with Crippen molar-refractivity contribution in [3.63, 3.8) is 0 Å². The molecule has 0 amide bonds. The summed E-state index contributed by atoms with van der Waals surface area (Å²) in [7, 11) is 0. The Morgan fingerprint density at radius 1 is 0.500 bits per heavy atom. The van der Waals surface area contributed by atoms with E-state index in [2.05, 4.69) is 0 Å². The molecule has 0 nitrogen and oxygen atoms in total. The molecule has 4 heteroatoms. The van der Waals surface area contributed by atoms with Crippen molar-refractivity contribution in [1.82, 2.24) is 0 Å². The number of hydrogen-bond acceptors (Lipinski definition) is 0. The van der Waals surface area contributed by atoms with Crippen LogP contribution in [0.15, 0.2) is 36.4 Å². The van der Waals surface area contributed by atoms with Gasteiger partial charge in [0.1, 0.15) is 23.3 Å². The van der Waals surface area contributed by atoms with E-state index in [1.54, 1.807) is 0 Å². The Labute approximate surface area is 99.5 Å². The highest BCUT2D eigenvalue weighted by atomic mass is 19.1. The molecule has 0 saturated carbocycles. The summed E-state index contributed by atoms with van der Waals surface area (Å²) in [6.45, 7) is 0. The molecule has 3 aromatic carbocycles. The maximum atomic E-state index is 13.5. The standard InChI is InChI=1S/C14H6F4/c15-7-3-11-9(13(17)5-7)1-2-10-12(11)4-8(16)6-14(10)18/h1-6H. The minimum Gasteiger partial charge on any atom is -0.207 e. The summed E-state index contributed by atoms with van der Waals surface area (Å²) in [4.78, 5) is 0. The highest BCUT2D eigenvalue weighted by Gasteiger charge is 2.11.